The second kappa shape index (κ2) is 7.74. The minimum Gasteiger partial charge on any atom is -0.394 e. The van der Waals surface area contributed by atoms with Gasteiger partial charge in [-0.05, 0) is 24.3 Å². The molecule has 0 atom stereocenters. The molecule has 1 heterocycles. The number of rotatable bonds is 8. The minimum atomic E-state index is -0.256. The van der Waals surface area contributed by atoms with Crippen molar-refractivity contribution in [2.24, 2.45) is 0 Å². The summed E-state index contributed by atoms with van der Waals surface area (Å²) in [5, 5.41) is 18.8. The van der Waals surface area contributed by atoms with Gasteiger partial charge in [0, 0.05) is 24.2 Å². The fourth-order valence-electron chi connectivity index (χ4n) is 1.85. The van der Waals surface area contributed by atoms with Crippen molar-refractivity contribution in [1.82, 2.24) is 15.5 Å². The Morgan fingerprint density at radius 1 is 1.25 bits per heavy atom. The van der Waals surface area contributed by atoms with Crippen LogP contribution in [-0.2, 0) is 11.3 Å². The van der Waals surface area contributed by atoms with E-state index in [0.29, 0.717) is 26.3 Å². The number of hydrogen-bond acceptors (Lipinski definition) is 4. The molecule has 108 valence electrons. The number of aromatic nitrogens is 2. The summed E-state index contributed by atoms with van der Waals surface area (Å²) in [6.07, 6.45) is 1.75. The van der Waals surface area contributed by atoms with E-state index in [4.69, 9.17) is 9.84 Å². The van der Waals surface area contributed by atoms with Gasteiger partial charge < -0.3 is 15.2 Å². The molecule has 3 N–H and O–H groups in total. The van der Waals surface area contributed by atoms with Crippen LogP contribution in [0.5, 0.6) is 0 Å². The van der Waals surface area contributed by atoms with Crippen molar-refractivity contribution in [2.75, 3.05) is 26.4 Å². The number of aliphatic hydroxyl groups excluding tert-OH is 1. The van der Waals surface area contributed by atoms with Crippen LogP contribution in [0.15, 0.2) is 30.5 Å². The van der Waals surface area contributed by atoms with E-state index in [1.54, 1.807) is 18.3 Å². The third-order valence-corrected chi connectivity index (χ3v) is 2.83. The zero-order valence-corrected chi connectivity index (χ0v) is 11.1. The predicted octanol–water partition coefficient (Wildman–Crippen LogP) is 1.31. The standard InChI is InChI=1S/C14H18FN3O2/c15-13-3-1-11(2-4-13)14-12(10-17-18-14)9-16-5-7-20-8-6-19/h1-4,10,16,19H,5-9H2,(H,17,18). The third kappa shape index (κ3) is 4.12. The minimum absolute atomic E-state index is 0.0381. The summed E-state index contributed by atoms with van der Waals surface area (Å²) in [5.41, 5.74) is 2.80. The van der Waals surface area contributed by atoms with E-state index in [2.05, 4.69) is 15.5 Å². The van der Waals surface area contributed by atoms with Crippen LogP contribution < -0.4 is 5.32 Å². The van der Waals surface area contributed by atoms with Crippen LogP contribution in [0, 0.1) is 5.82 Å². The maximum absolute atomic E-state index is 12.9. The average Bonchev–Trinajstić information content (AvgIpc) is 2.92. The summed E-state index contributed by atoms with van der Waals surface area (Å²) in [7, 11) is 0. The van der Waals surface area contributed by atoms with Gasteiger partial charge in [-0.1, -0.05) is 0 Å². The molecule has 0 aliphatic heterocycles. The Hall–Kier alpha value is -1.76. The van der Waals surface area contributed by atoms with E-state index in [0.717, 1.165) is 16.8 Å². The SMILES string of the molecule is OCCOCCNCc1cn[nH]c1-c1ccc(F)cc1. The second-order valence-corrected chi connectivity index (χ2v) is 4.29. The monoisotopic (exact) mass is 279 g/mol. The molecule has 5 nitrogen and oxygen atoms in total. The van der Waals surface area contributed by atoms with Gasteiger partial charge in [-0.2, -0.15) is 5.10 Å². The van der Waals surface area contributed by atoms with Crippen molar-refractivity contribution in [3.05, 3.63) is 41.8 Å². The molecule has 0 unspecified atom stereocenters. The number of aliphatic hydroxyl groups is 1. The van der Waals surface area contributed by atoms with Crippen molar-refractivity contribution in [2.45, 2.75) is 6.54 Å². The first-order chi connectivity index (χ1) is 9.81. The molecule has 0 fully saturated rings. The van der Waals surface area contributed by atoms with Crippen molar-refractivity contribution in [3.8, 4) is 11.3 Å². The molecule has 0 spiro atoms. The number of halogens is 1. The molecule has 2 aromatic rings. The van der Waals surface area contributed by atoms with Gasteiger partial charge >= 0.3 is 0 Å². The molecule has 6 heteroatoms. The molecular weight excluding hydrogens is 261 g/mol. The zero-order valence-electron chi connectivity index (χ0n) is 11.1. The van der Waals surface area contributed by atoms with E-state index in [9.17, 15) is 4.39 Å². The number of benzene rings is 1. The van der Waals surface area contributed by atoms with Crippen LogP contribution >= 0.6 is 0 Å². The first-order valence-electron chi connectivity index (χ1n) is 6.49. The Balaban J connectivity index is 1.87. The Bertz CT molecular complexity index is 513. The van der Waals surface area contributed by atoms with Crippen LogP contribution in [0.25, 0.3) is 11.3 Å². The normalized spacial score (nSPS) is 10.9. The van der Waals surface area contributed by atoms with Gasteiger partial charge in [0.25, 0.3) is 0 Å². The van der Waals surface area contributed by atoms with Gasteiger partial charge in [0.15, 0.2) is 0 Å². The maximum atomic E-state index is 12.9. The van der Waals surface area contributed by atoms with Gasteiger partial charge in [-0.25, -0.2) is 4.39 Å². The smallest absolute Gasteiger partial charge is 0.123 e. The second-order valence-electron chi connectivity index (χ2n) is 4.29. The van der Waals surface area contributed by atoms with E-state index < -0.39 is 0 Å². The fraction of sp³-hybridized carbons (Fsp3) is 0.357. The van der Waals surface area contributed by atoms with Crippen molar-refractivity contribution >= 4 is 0 Å². The number of nitrogens with one attached hydrogen (secondary N) is 2. The molecule has 0 saturated carbocycles. The van der Waals surface area contributed by atoms with Gasteiger partial charge in [0.2, 0.25) is 0 Å². The molecule has 2 rings (SSSR count). The maximum Gasteiger partial charge on any atom is 0.123 e. The molecule has 0 aliphatic rings. The molecule has 0 radical (unpaired) electrons. The highest BCUT2D eigenvalue weighted by Crippen LogP contribution is 2.21. The van der Waals surface area contributed by atoms with E-state index in [1.165, 1.54) is 12.1 Å². The number of nitrogens with zero attached hydrogens (tertiary/aromatic N) is 1. The first-order valence-corrected chi connectivity index (χ1v) is 6.49. The lowest BCUT2D eigenvalue weighted by Gasteiger charge is -2.06. The van der Waals surface area contributed by atoms with Gasteiger partial charge in [0.05, 0.1) is 31.7 Å². The molecule has 0 amide bonds. The quantitative estimate of drug-likeness (QED) is 0.637. The van der Waals surface area contributed by atoms with Gasteiger partial charge in [-0.15, -0.1) is 0 Å². The summed E-state index contributed by atoms with van der Waals surface area (Å²) >= 11 is 0. The summed E-state index contributed by atoms with van der Waals surface area (Å²) in [4.78, 5) is 0. The van der Waals surface area contributed by atoms with E-state index >= 15 is 0 Å². The van der Waals surface area contributed by atoms with Gasteiger partial charge in [-0.3, -0.25) is 5.10 Å². The molecule has 0 saturated heterocycles. The first kappa shape index (κ1) is 14.6. The van der Waals surface area contributed by atoms with E-state index in [1.807, 2.05) is 0 Å². The Labute approximate surface area is 116 Å². The lowest BCUT2D eigenvalue weighted by Crippen LogP contribution is -2.20. The van der Waals surface area contributed by atoms with Crippen molar-refractivity contribution in [1.29, 1.82) is 0 Å². The Kier molecular flexibility index (Phi) is 5.67. The summed E-state index contributed by atoms with van der Waals surface area (Å²) in [6.45, 7) is 2.27. The van der Waals surface area contributed by atoms with Crippen LogP contribution in [0.3, 0.4) is 0 Å². The summed E-state index contributed by atoms with van der Waals surface area (Å²) in [5.74, 6) is -0.256. The predicted molar refractivity (Wildman–Crippen MR) is 73.6 cm³/mol. The van der Waals surface area contributed by atoms with Gasteiger partial charge in [0.1, 0.15) is 5.82 Å². The largest absolute Gasteiger partial charge is 0.394 e. The topological polar surface area (TPSA) is 70.2 Å². The molecule has 1 aromatic carbocycles. The average molecular weight is 279 g/mol. The Morgan fingerprint density at radius 2 is 2.05 bits per heavy atom. The highest BCUT2D eigenvalue weighted by Gasteiger charge is 2.07. The van der Waals surface area contributed by atoms with E-state index in [-0.39, 0.29) is 12.4 Å². The number of hydrogen-bond donors (Lipinski definition) is 3. The zero-order chi connectivity index (χ0) is 14.2. The lowest BCUT2D eigenvalue weighted by atomic mass is 10.1. The van der Waals surface area contributed by atoms with Crippen LogP contribution in [0.2, 0.25) is 0 Å². The van der Waals surface area contributed by atoms with Crippen LogP contribution in [-0.4, -0.2) is 41.7 Å². The van der Waals surface area contributed by atoms with Crippen molar-refractivity contribution in [3.63, 3.8) is 0 Å². The summed E-state index contributed by atoms with van der Waals surface area (Å²) in [6, 6.07) is 6.29. The summed E-state index contributed by atoms with van der Waals surface area (Å²) < 4.78 is 18.1. The third-order valence-electron chi connectivity index (χ3n) is 2.83. The van der Waals surface area contributed by atoms with Crippen LogP contribution in [0.4, 0.5) is 4.39 Å². The number of ether oxygens (including phenoxy) is 1. The van der Waals surface area contributed by atoms with Crippen molar-refractivity contribution < 1.29 is 14.2 Å². The van der Waals surface area contributed by atoms with Crippen LogP contribution in [0.1, 0.15) is 5.56 Å². The molecule has 1 aromatic heterocycles. The molecule has 20 heavy (non-hydrogen) atoms. The highest BCUT2D eigenvalue weighted by molar-refractivity contribution is 5.62. The highest BCUT2D eigenvalue weighted by atomic mass is 19.1. The lowest BCUT2D eigenvalue weighted by molar-refractivity contribution is 0.0938. The molecule has 0 bridgehead atoms. The number of aromatic amines is 1. The Morgan fingerprint density at radius 3 is 2.80 bits per heavy atom. The molecule has 0 aliphatic carbocycles. The molecular formula is C14H18FN3O2. The number of H-pyrrole nitrogens is 1. The fourth-order valence-corrected chi connectivity index (χ4v) is 1.85.